The van der Waals surface area contributed by atoms with E-state index in [2.05, 4.69) is 4.98 Å². The molecule has 17 heavy (non-hydrogen) atoms. The average Bonchev–Trinajstić information content (AvgIpc) is 2.14. The summed E-state index contributed by atoms with van der Waals surface area (Å²) in [5.74, 6) is -0.599. The van der Waals surface area contributed by atoms with Crippen LogP contribution in [0.4, 0.5) is 5.82 Å². The van der Waals surface area contributed by atoms with Crippen LogP contribution in [0.25, 0.3) is 0 Å². The number of aromatic nitrogens is 1. The lowest BCUT2D eigenvalue weighted by Gasteiger charge is -2.22. The van der Waals surface area contributed by atoms with Crippen molar-refractivity contribution in [3.8, 4) is 0 Å². The Kier molecular flexibility index (Phi) is 4.07. The summed E-state index contributed by atoms with van der Waals surface area (Å²) in [5.41, 5.74) is 1.64. The number of hydrogen-bond acceptors (Lipinski definition) is 4. The molecule has 0 aromatic carbocycles. The zero-order valence-electron chi connectivity index (χ0n) is 10.6. The van der Waals surface area contributed by atoms with Gasteiger partial charge >= 0.3 is 5.97 Å². The number of carboxylic acids is 1. The third-order valence-corrected chi connectivity index (χ3v) is 2.44. The van der Waals surface area contributed by atoms with Crippen LogP contribution < -0.4 is 4.90 Å². The summed E-state index contributed by atoms with van der Waals surface area (Å²) in [6, 6.07) is 1.74. The number of nitrogens with zero attached hydrogens (tertiary/aromatic N) is 2. The van der Waals surface area contributed by atoms with E-state index in [9.17, 15) is 15.0 Å². The molecule has 0 fully saturated rings. The van der Waals surface area contributed by atoms with E-state index < -0.39 is 12.1 Å². The molecular formula is C12H18N2O3. The van der Waals surface area contributed by atoms with Gasteiger partial charge < -0.3 is 15.1 Å². The van der Waals surface area contributed by atoms with Crippen LogP contribution in [-0.2, 0) is 0 Å². The number of pyridine rings is 1. The zero-order chi connectivity index (χ0) is 13.2. The van der Waals surface area contributed by atoms with Crippen molar-refractivity contribution in [2.75, 3.05) is 18.5 Å². The molecule has 1 aromatic heterocycles. The van der Waals surface area contributed by atoms with Gasteiger partial charge in [-0.3, -0.25) is 0 Å². The molecule has 1 heterocycles. The van der Waals surface area contributed by atoms with Crippen molar-refractivity contribution in [2.45, 2.75) is 26.9 Å². The molecule has 1 rings (SSSR count). The van der Waals surface area contributed by atoms with Crippen LogP contribution in [0.5, 0.6) is 0 Å². The zero-order valence-corrected chi connectivity index (χ0v) is 10.6. The second kappa shape index (κ2) is 5.14. The first-order valence-electron chi connectivity index (χ1n) is 5.43. The predicted octanol–water partition coefficient (Wildman–Crippen LogP) is 1.21. The van der Waals surface area contributed by atoms with Crippen molar-refractivity contribution in [1.29, 1.82) is 0 Å². The Bertz CT molecular complexity index is 430. The average molecular weight is 238 g/mol. The second-order valence-corrected chi connectivity index (χ2v) is 4.31. The number of rotatable bonds is 4. The molecule has 5 heteroatoms. The summed E-state index contributed by atoms with van der Waals surface area (Å²) in [7, 11) is 1.72. The highest BCUT2D eigenvalue weighted by atomic mass is 16.4. The number of carboxylic acid groups (broad SMARTS) is 1. The number of aromatic carboxylic acids is 1. The molecule has 0 radical (unpaired) electrons. The molecule has 0 saturated carbocycles. The summed E-state index contributed by atoms with van der Waals surface area (Å²) in [5, 5.41) is 18.5. The third-order valence-electron chi connectivity index (χ3n) is 2.44. The number of likely N-dealkylation sites (N-methyl/N-ethyl adjacent to an activating group) is 1. The minimum absolute atomic E-state index is 0.193. The number of carbonyl (C=O) groups is 1. The van der Waals surface area contributed by atoms with Crippen LogP contribution in [-0.4, -0.2) is 40.9 Å². The third kappa shape index (κ3) is 3.17. The first kappa shape index (κ1) is 13.4. The highest BCUT2D eigenvalue weighted by Crippen LogP contribution is 2.21. The van der Waals surface area contributed by atoms with Crippen LogP contribution in [0.2, 0.25) is 0 Å². The van der Waals surface area contributed by atoms with E-state index in [0.29, 0.717) is 17.9 Å². The first-order valence-corrected chi connectivity index (χ1v) is 5.43. The van der Waals surface area contributed by atoms with Gasteiger partial charge in [-0.05, 0) is 32.4 Å². The van der Waals surface area contributed by atoms with E-state index in [0.717, 1.165) is 5.69 Å². The van der Waals surface area contributed by atoms with Gasteiger partial charge in [-0.2, -0.15) is 0 Å². The molecule has 94 valence electrons. The van der Waals surface area contributed by atoms with Crippen LogP contribution >= 0.6 is 0 Å². The van der Waals surface area contributed by atoms with E-state index in [-0.39, 0.29) is 5.56 Å². The normalized spacial score (nSPS) is 12.3. The molecule has 0 saturated heterocycles. The summed E-state index contributed by atoms with van der Waals surface area (Å²) in [6.45, 7) is 5.56. The minimum atomic E-state index is -0.998. The number of aliphatic hydroxyl groups excluding tert-OH is 1. The Labute approximate surface area is 101 Å². The Hall–Kier alpha value is -1.62. The Morgan fingerprint density at radius 2 is 2.12 bits per heavy atom. The lowest BCUT2D eigenvalue weighted by Crippen LogP contribution is -2.29. The largest absolute Gasteiger partial charge is 0.478 e. The topological polar surface area (TPSA) is 73.7 Å². The van der Waals surface area contributed by atoms with Crippen molar-refractivity contribution in [3.63, 3.8) is 0 Å². The monoisotopic (exact) mass is 238 g/mol. The van der Waals surface area contributed by atoms with Gasteiger partial charge in [0.05, 0.1) is 6.10 Å². The fourth-order valence-corrected chi connectivity index (χ4v) is 1.84. The molecule has 5 nitrogen and oxygen atoms in total. The fraction of sp³-hybridized carbons (Fsp3) is 0.500. The predicted molar refractivity (Wildman–Crippen MR) is 65.6 cm³/mol. The van der Waals surface area contributed by atoms with E-state index in [1.54, 1.807) is 31.9 Å². The van der Waals surface area contributed by atoms with Gasteiger partial charge in [-0.15, -0.1) is 0 Å². The van der Waals surface area contributed by atoms with Crippen LogP contribution in [0.3, 0.4) is 0 Å². The van der Waals surface area contributed by atoms with Crippen LogP contribution in [0.1, 0.15) is 28.5 Å². The van der Waals surface area contributed by atoms with Crippen molar-refractivity contribution in [1.82, 2.24) is 4.98 Å². The number of aliphatic hydroxyl groups is 1. The van der Waals surface area contributed by atoms with E-state index in [1.165, 1.54) is 0 Å². The Balaban J connectivity index is 3.25. The first-order chi connectivity index (χ1) is 7.82. The van der Waals surface area contributed by atoms with E-state index in [4.69, 9.17) is 0 Å². The van der Waals surface area contributed by atoms with Crippen molar-refractivity contribution >= 4 is 11.8 Å². The maximum atomic E-state index is 11.2. The van der Waals surface area contributed by atoms with Gasteiger partial charge in [0.2, 0.25) is 0 Å². The lowest BCUT2D eigenvalue weighted by molar-refractivity contribution is 0.0696. The van der Waals surface area contributed by atoms with E-state index in [1.807, 2.05) is 6.92 Å². The molecule has 0 aliphatic heterocycles. The van der Waals surface area contributed by atoms with Gasteiger partial charge in [0.25, 0.3) is 0 Å². The summed E-state index contributed by atoms with van der Waals surface area (Å²) in [4.78, 5) is 17.1. The molecule has 1 atom stereocenters. The smallest absolute Gasteiger partial charge is 0.339 e. The molecule has 0 aliphatic rings. The second-order valence-electron chi connectivity index (χ2n) is 4.31. The Morgan fingerprint density at radius 3 is 2.59 bits per heavy atom. The van der Waals surface area contributed by atoms with Gasteiger partial charge in [-0.1, -0.05) is 0 Å². The highest BCUT2D eigenvalue weighted by molar-refractivity contribution is 5.95. The van der Waals surface area contributed by atoms with Gasteiger partial charge in [-0.25, -0.2) is 9.78 Å². The van der Waals surface area contributed by atoms with Crippen LogP contribution in [0.15, 0.2) is 6.07 Å². The quantitative estimate of drug-likeness (QED) is 0.825. The lowest BCUT2D eigenvalue weighted by atomic mass is 10.1. The Morgan fingerprint density at radius 1 is 1.53 bits per heavy atom. The maximum Gasteiger partial charge on any atom is 0.339 e. The van der Waals surface area contributed by atoms with Gasteiger partial charge in [0.15, 0.2) is 0 Å². The maximum absolute atomic E-state index is 11.2. The molecule has 0 aliphatic carbocycles. The number of aryl methyl sites for hydroxylation is 2. The molecule has 1 aromatic rings. The molecule has 1 unspecified atom stereocenters. The van der Waals surface area contributed by atoms with Crippen LogP contribution in [0, 0.1) is 13.8 Å². The minimum Gasteiger partial charge on any atom is -0.478 e. The summed E-state index contributed by atoms with van der Waals surface area (Å²) < 4.78 is 0. The van der Waals surface area contributed by atoms with Gasteiger partial charge in [0.1, 0.15) is 11.4 Å². The molecule has 0 spiro atoms. The van der Waals surface area contributed by atoms with Crippen molar-refractivity contribution in [2.24, 2.45) is 0 Å². The standard InChI is InChI=1S/C12H18N2O3/c1-7-5-8(2)13-11(10(7)12(16)17)14(4)6-9(3)15/h5,9,15H,6H2,1-4H3,(H,16,17). The highest BCUT2D eigenvalue weighted by Gasteiger charge is 2.19. The summed E-state index contributed by atoms with van der Waals surface area (Å²) >= 11 is 0. The SMILES string of the molecule is Cc1cc(C)c(C(=O)O)c(N(C)CC(C)O)n1. The molecule has 2 N–H and O–H groups in total. The molecule has 0 amide bonds. The molecular weight excluding hydrogens is 220 g/mol. The summed E-state index contributed by atoms with van der Waals surface area (Å²) in [6.07, 6.45) is -0.538. The van der Waals surface area contributed by atoms with E-state index >= 15 is 0 Å². The van der Waals surface area contributed by atoms with Crippen molar-refractivity contribution < 1.29 is 15.0 Å². The fourth-order valence-electron chi connectivity index (χ4n) is 1.84. The number of anilines is 1. The molecule has 0 bridgehead atoms. The van der Waals surface area contributed by atoms with Crippen molar-refractivity contribution in [3.05, 3.63) is 22.9 Å². The number of hydrogen-bond donors (Lipinski definition) is 2. The van der Waals surface area contributed by atoms with Gasteiger partial charge in [0, 0.05) is 19.3 Å².